The minimum atomic E-state index is 0.199. The van der Waals surface area contributed by atoms with E-state index < -0.39 is 0 Å². The van der Waals surface area contributed by atoms with Gasteiger partial charge in [0.1, 0.15) is 11.5 Å². The van der Waals surface area contributed by atoms with Crippen LogP contribution in [0.3, 0.4) is 0 Å². The van der Waals surface area contributed by atoms with Crippen LogP contribution in [0.25, 0.3) is 0 Å². The summed E-state index contributed by atoms with van der Waals surface area (Å²) in [5.41, 5.74) is 5.51. The zero-order valence-electron chi connectivity index (χ0n) is 15.5. The van der Waals surface area contributed by atoms with E-state index in [-0.39, 0.29) is 5.41 Å². The van der Waals surface area contributed by atoms with Gasteiger partial charge in [-0.15, -0.1) is 0 Å². The second kappa shape index (κ2) is 7.14. The summed E-state index contributed by atoms with van der Waals surface area (Å²) in [6.07, 6.45) is 0.946. The van der Waals surface area contributed by atoms with E-state index in [1.807, 2.05) is 30.3 Å². The van der Waals surface area contributed by atoms with Crippen LogP contribution in [0, 0.1) is 6.92 Å². The molecule has 0 saturated heterocycles. The van der Waals surface area contributed by atoms with Gasteiger partial charge >= 0.3 is 0 Å². The number of hydrogen-bond acceptors (Lipinski definition) is 1. The number of aryl methyl sites for hydroxylation is 1. The molecule has 128 valence electrons. The standard InChI is InChI=1S/C24H26O/c1-18-16-23(25-22-8-6-5-7-9-22)15-12-20(18)17-19-10-13-21(14-11-19)24(2,3)4/h5-16H,17H2,1-4H3. The van der Waals surface area contributed by atoms with Gasteiger partial charge in [-0.05, 0) is 65.3 Å². The van der Waals surface area contributed by atoms with Crippen molar-refractivity contribution in [3.05, 3.63) is 95.1 Å². The van der Waals surface area contributed by atoms with Crippen LogP contribution in [0.5, 0.6) is 11.5 Å². The minimum absolute atomic E-state index is 0.199. The Morgan fingerprint density at radius 1 is 0.760 bits per heavy atom. The van der Waals surface area contributed by atoms with E-state index in [0.29, 0.717) is 0 Å². The Hall–Kier alpha value is -2.54. The number of para-hydroxylation sites is 1. The van der Waals surface area contributed by atoms with Crippen molar-refractivity contribution in [3.63, 3.8) is 0 Å². The van der Waals surface area contributed by atoms with Gasteiger partial charge in [0.05, 0.1) is 0 Å². The summed E-state index contributed by atoms with van der Waals surface area (Å²) < 4.78 is 5.92. The van der Waals surface area contributed by atoms with E-state index in [4.69, 9.17) is 4.74 Å². The lowest BCUT2D eigenvalue weighted by Crippen LogP contribution is -2.10. The number of rotatable bonds is 4. The molecule has 0 amide bonds. The predicted octanol–water partition coefficient (Wildman–Crippen LogP) is 6.68. The fourth-order valence-corrected chi connectivity index (χ4v) is 2.90. The van der Waals surface area contributed by atoms with Gasteiger partial charge in [-0.25, -0.2) is 0 Å². The molecule has 0 aliphatic rings. The van der Waals surface area contributed by atoms with Gasteiger partial charge in [-0.3, -0.25) is 0 Å². The molecule has 0 fully saturated rings. The van der Waals surface area contributed by atoms with Crippen LogP contribution in [0.1, 0.15) is 43.0 Å². The maximum Gasteiger partial charge on any atom is 0.127 e. The summed E-state index contributed by atoms with van der Waals surface area (Å²) in [5, 5.41) is 0. The molecule has 3 rings (SSSR count). The summed E-state index contributed by atoms with van der Waals surface area (Å²) in [5.74, 6) is 1.75. The lowest BCUT2D eigenvalue weighted by Gasteiger charge is -2.19. The lowest BCUT2D eigenvalue weighted by atomic mass is 9.86. The van der Waals surface area contributed by atoms with Crippen molar-refractivity contribution in [2.75, 3.05) is 0 Å². The van der Waals surface area contributed by atoms with E-state index >= 15 is 0 Å². The molecule has 3 aromatic carbocycles. The second-order valence-corrected chi connectivity index (χ2v) is 7.63. The van der Waals surface area contributed by atoms with Crippen molar-refractivity contribution >= 4 is 0 Å². The summed E-state index contributed by atoms with van der Waals surface area (Å²) >= 11 is 0. The van der Waals surface area contributed by atoms with Gasteiger partial charge in [0.2, 0.25) is 0 Å². The molecule has 0 aromatic heterocycles. The smallest absolute Gasteiger partial charge is 0.127 e. The summed E-state index contributed by atoms with van der Waals surface area (Å²) in [7, 11) is 0. The van der Waals surface area contributed by atoms with Gasteiger partial charge in [0.15, 0.2) is 0 Å². The first-order valence-electron chi connectivity index (χ1n) is 8.84. The molecule has 25 heavy (non-hydrogen) atoms. The summed E-state index contributed by atoms with van der Waals surface area (Å²) in [6.45, 7) is 8.89. The largest absolute Gasteiger partial charge is 0.457 e. The minimum Gasteiger partial charge on any atom is -0.457 e. The monoisotopic (exact) mass is 330 g/mol. The molecule has 0 N–H and O–H groups in total. The Morgan fingerprint density at radius 3 is 2.04 bits per heavy atom. The van der Waals surface area contributed by atoms with Gasteiger partial charge < -0.3 is 4.74 Å². The van der Waals surface area contributed by atoms with Crippen molar-refractivity contribution in [3.8, 4) is 11.5 Å². The Labute approximate surface area is 151 Å². The zero-order chi connectivity index (χ0) is 17.9. The first-order chi connectivity index (χ1) is 11.9. The zero-order valence-corrected chi connectivity index (χ0v) is 15.5. The Bertz CT molecular complexity index is 824. The first kappa shape index (κ1) is 17.3. The van der Waals surface area contributed by atoms with Crippen LogP contribution in [0.2, 0.25) is 0 Å². The number of hydrogen-bond donors (Lipinski definition) is 0. The van der Waals surface area contributed by atoms with E-state index in [1.165, 1.54) is 22.3 Å². The van der Waals surface area contributed by atoms with E-state index in [0.717, 1.165) is 17.9 Å². The Kier molecular flexibility index (Phi) is 4.94. The molecule has 1 heteroatoms. The second-order valence-electron chi connectivity index (χ2n) is 7.63. The highest BCUT2D eigenvalue weighted by atomic mass is 16.5. The fraction of sp³-hybridized carbons (Fsp3) is 0.250. The molecular formula is C24H26O. The van der Waals surface area contributed by atoms with Crippen LogP contribution in [-0.2, 0) is 11.8 Å². The normalized spacial score (nSPS) is 11.4. The molecule has 1 nitrogen and oxygen atoms in total. The topological polar surface area (TPSA) is 9.23 Å². The molecule has 0 heterocycles. The van der Waals surface area contributed by atoms with Gasteiger partial charge in [-0.1, -0.05) is 69.3 Å². The van der Waals surface area contributed by atoms with E-state index in [2.05, 4.69) is 70.2 Å². The predicted molar refractivity (Wildman–Crippen MR) is 106 cm³/mol. The van der Waals surface area contributed by atoms with Crippen LogP contribution in [0.15, 0.2) is 72.8 Å². The van der Waals surface area contributed by atoms with Crippen molar-refractivity contribution in [1.29, 1.82) is 0 Å². The van der Waals surface area contributed by atoms with Crippen molar-refractivity contribution < 1.29 is 4.74 Å². The third kappa shape index (κ3) is 4.51. The Morgan fingerprint density at radius 2 is 1.44 bits per heavy atom. The van der Waals surface area contributed by atoms with Gasteiger partial charge in [-0.2, -0.15) is 0 Å². The first-order valence-corrected chi connectivity index (χ1v) is 8.84. The Balaban J connectivity index is 1.73. The average molecular weight is 330 g/mol. The van der Waals surface area contributed by atoms with Crippen LogP contribution in [-0.4, -0.2) is 0 Å². The van der Waals surface area contributed by atoms with Crippen LogP contribution >= 0.6 is 0 Å². The molecule has 0 atom stereocenters. The average Bonchev–Trinajstić information content (AvgIpc) is 2.58. The van der Waals surface area contributed by atoms with Gasteiger partial charge in [0, 0.05) is 0 Å². The molecular weight excluding hydrogens is 304 g/mol. The molecule has 0 bridgehead atoms. The quantitative estimate of drug-likeness (QED) is 0.518. The number of ether oxygens (including phenoxy) is 1. The van der Waals surface area contributed by atoms with Crippen molar-refractivity contribution in [2.24, 2.45) is 0 Å². The third-order valence-corrected chi connectivity index (χ3v) is 4.51. The van der Waals surface area contributed by atoms with Gasteiger partial charge in [0.25, 0.3) is 0 Å². The van der Waals surface area contributed by atoms with Crippen molar-refractivity contribution in [1.82, 2.24) is 0 Å². The maximum atomic E-state index is 5.92. The fourth-order valence-electron chi connectivity index (χ4n) is 2.90. The lowest BCUT2D eigenvalue weighted by molar-refractivity contribution is 0.482. The molecule has 0 aliphatic heterocycles. The SMILES string of the molecule is Cc1cc(Oc2ccccc2)ccc1Cc1ccc(C(C)(C)C)cc1. The molecule has 0 radical (unpaired) electrons. The molecule has 0 unspecified atom stereocenters. The highest BCUT2D eigenvalue weighted by molar-refractivity contribution is 5.40. The van der Waals surface area contributed by atoms with Crippen LogP contribution < -0.4 is 4.74 Å². The van der Waals surface area contributed by atoms with E-state index in [9.17, 15) is 0 Å². The maximum absolute atomic E-state index is 5.92. The molecule has 0 aliphatic carbocycles. The van der Waals surface area contributed by atoms with E-state index in [1.54, 1.807) is 0 Å². The number of benzene rings is 3. The molecule has 0 spiro atoms. The highest BCUT2D eigenvalue weighted by Gasteiger charge is 2.13. The highest BCUT2D eigenvalue weighted by Crippen LogP contribution is 2.26. The summed E-state index contributed by atoms with van der Waals surface area (Å²) in [4.78, 5) is 0. The molecule has 0 saturated carbocycles. The van der Waals surface area contributed by atoms with Crippen molar-refractivity contribution in [2.45, 2.75) is 39.5 Å². The summed E-state index contributed by atoms with van der Waals surface area (Å²) in [6, 6.07) is 25.2. The van der Waals surface area contributed by atoms with Crippen LogP contribution in [0.4, 0.5) is 0 Å². The molecule has 3 aromatic rings. The third-order valence-electron chi connectivity index (χ3n) is 4.51.